The molecule has 1 amide bonds. The summed E-state index contributed by atoms with van der Waals surface area (Å²) in [4.78, 5) is 27.9. The summed E-state index contributed by atoms with van der Waals surface area (Å²) < 4.78 is 16.8. The molecule has 0 saturated carbocycles. The molecule has 4 rings (SSSR count). The molecule has 0 aromatic heterocycles. The van der Waals surface area contributed by atoms with Crippen LogP contribution >= 0.6 is 0 Å². The van der Waals surface area contributed by atoms with Gasteiger partial charge in [0.05, 0.1) is 18.2 Å². The Kier molecular flexibility index (Phi) is 9.16. The molecule has 1 N–H and O–H groups in total. The zero-order chi connectivity index (χ0) is 26.9. The average molecular weight is 516 g/mol. The second kappa shape index (κ2) is 12.9. The number of likely N-dealkylation sites (tertiary alicyclic amines) is 1. The van der Waals surface area contributed by atoms with Gasteiger partial charge in [-0.1, -0.05) is 49.4 Å². The maximum Gasteiger partial charge on any atom is 0.295 e. The van der Waals surface area contributed by atoms with Gasteiger partial charge in [-0.2, -0.15) is 0 Å². The first-order valence-electron chi connectivity index (χ1n) is 12.8. The van der Waals surface area contributed by atoms with Crippen LogP contribution in [0, 0.1) is 0 Å². The number of aliphatic hydroxyl groups is 1. The zero-order valence-electron chi connectivity index (χ0n) is 21.8. The molecule has 0 spiro atoms. The van der Waals surface area contributed by atoms with Gasteiger partial charge in [0.25, 0.3) is 11.7 Å². The van der Waals surface area contributed by atoms with Gasteiger partial charge in [-0.25, -0.2) is 0 Å². The standard InChI is InChI=1S/C31H33NO6/c1-3-18-37-25-15-13-23(14-16-25)29(33)27-28(32(17-8-19-36-2)31(35)30(27)34)24-11-7-12-26(20-24)38-21-22-9-5-4-6-10-22/h4-7,9-16,20,28,33H,3,8,17-19,21H2,1-2H3/b29-27+. The van der Waals surface area contributed by atoms with Crippen molar-refractivity contribution in [1.82, 2.24) is 4.90 Å². The largest absolute Gasteiger partial charge is 0.507 e. The highest BCUT2D eigenvalue weighted by Crippen LogP contribution is 2.40. The van der Waals surface area contributed by atoms with Gasteiger partial charge in [-0.3, -0.25) is 9.59 Å². The molecule has 0 bridgehead atoms. The van der Waals surface area contributed by atoms with Crippen molar-refractivity contribution in [2.75, 3.05) is 26.9 Å². The predicted molar refractivity (Wildman–Crippen MR) is 145 cm³/mol. The van der Waals surface area contributed by atoms with Crippen LogP contribution in [-0.4, -0.2) is 48.6 Å². The fraction of sp³-hybridized carbons (Fsp3) is 0.290. The van der Waals surface area contributed by atoms with Gasteiger partial charge in [0.1, 0.15) is 23.9 Å². The van der Waals surface area contributed by atoms with Crippen molar-refractivity contribution in [2.45, 2.75) is 32.4 Å². The van der Waals surface area contributed by atoms with Crippen molar-refractivity contribution >= 4 is 17.4 Å². The lowest BCUT2D eigenvalue weighted by Gasteiger charge is -2.25. The summed E-state index contributed by atoms with van der Waals surface area (Å²) in [6.07, 6.45) is 1.43. The van der Waals surface area contributed by atoms with E-state index in [-0.39, 0.29) is 11.3 Å². The van der Waals surface area contributed by atoms with Crippen molar-refractivity contribution in [3.63, 3.8) is 0 Å². The molecule has 3 aromatic rings. The number of Topliss-reactive ketones (excluding diaryl/α,β-unsaturated/α-hetero) is 1. The van der Waals surface area contributed by atoms with Gasteiger partial charge in [0.2, 0.25) is 0 Å². The normalized spacial score (nSPS) is 16.6. The van der Waals surface area contributed by atoms with Gasteiger partial charge < -0.3 is 24.2 Å². The number of hydrogen-bond acceptors (Lipinski definition) is 6. The van der Waals surface area contributed by atoms with Gasteiger partial charge in [-0.05, 0) is 60.4 Å². The minimum absolute atomic E-state index is 0.0508. The van der Waals surface area contributed by atoms with Crippen LogP contribution in [0.4, 0.5) is 0 Å². The second-order valence-corrected chi connectivity index (χ2v) is 9.06. The van der Waals surface area contributed by atoms with Crippen molar-refractivity contribution in [2.24, 2.45) is 0 Å². The van der Waals surface area contributed by atoms with Gasteiger partial charge in [0.15, 0.2) is 0 Å². The van der Waals surface area contributed by atoms with E-state index in [1.807, 2.05) is 61.5 Å². The first-order chi connectivity index (χ1) is 18.5. The first-order valence-corrected chi connectivity index (χ1v) is 12.8. The van der Waals surface area contributed by atoms with E-state index in [0.717, 1.165) is 12.0 Å². The predicted octanol–water partition coefficient (Wildman–Crippen LogP) is 5.51. The van der Waals surface area contributed by atoms with Crippen LogP contribution in [0.5, 0.6) is 11.5 Å². The molecular formula is C31H33NO6. The Morgan fingerprint density at radius 2 is 1.66 bits per heavy atom. The number of rotatable bonds is 12. The van der Waals surface area contributed by atoms with E-state index in [1.54, 1.807) is 31.4 Å². The lowest BCUT2D eigenvalue weighted by molar-refractivity contribution is -0.140. The highest BCUT2D eigenvalue weighted by Gasteiger charge is 2.45. The molecule has 0 aliphatic carbocycles. The van der Waals surface area contributed by atoms with E-state index in [9.17, 15) is 14.7 Å². The smallest absolute Gasteiger partial charge is 0.295 e. The molecule has 1 aliphatic rings. The summed E-state index contributed by atoms with van der Waals surface area (Å²) in [7, 11) is 1.59. The SMILES string of the molecule is CCCOc1ccc(/C(O)=C2\C(=O)C(=O)N(CCCOC)C2c2cccc(OCc3ccccc3)c2)cc1. The molecule has 1 unspecified atom stereocenters. The highest BCUT2D eigenvalue weighted by atomic mass is 16.5. The fourth-order valence-electron chi connectivity index (χ4n) is 4.44. The van der Waals surface area contributed by atoms with Crippen LogP contribution in [0.3, 0.4) is 0 Å². The van der Waals surface area contributed by atoms with Crippen LogP contribution in [0.2, 0.25) is 0 Å². The molecule has 7 heteroatoms. The van der Waals surface area contributed by atoms with E-state index in [0.29, 0.717) is 55.4 Å². The Labute approximate surface area is 223 Å². The summed E-state index contributed by atoms with van der Waals surface area (Å²) in [5, 5.41) is 11.3. The summed E-state index contributed by atoms with van der Waals surface area (Å²) in [5.41, 5.74) is 2.19. The number of hydrogen-bond donors (Lipinski definition) is 1. The fourth-order valence-corrected chi connectivity index (χ4v) is 4.44. The lowest BCUT2D eigenvalue weighted by Crippen LogP contribution is -2.31. The summed E-state index contributed by atoms with van der Waals surface area (Å²) >= 11 is 0. The molecule has 1 heterocycles. The Morgan fingerprint density at radius 1 is 0.895 bits per heavy atom. The number of amides is 1. The van der Waals surface area contributed by atoms with E-state index in [4.69, 9.17) is 14.2 Å². The Balaban J connectivity index is 1.69. The van der Waals surface area contributed by atoms with Crippen LogP contribution in [0.1, 0.15) is 42.5 Å². The lowest BCUT2D eigenvalue weighted by atomic mass is 9.95. The van der Waals surface area contributed by atoms with Crippen molar-refractivity contribution in [3.05, 3.63) is 101 Å². The van der Waals surface area contributed by atoms with Crippen molar-refractivity contribution in [3.8, 4) is 11.5 Å². The molecule has 3 aromatic carbocycles. The molecule has 1 aliphatic heterocycles. The van der Waals surface area contributed by atoms with E-state index in [2.05, 4.69) is 0 Å². The Morgan fingerprint density at radius 3 is 2.37 bits per heavy atom. The van der Waals surface area contributed by atoms with Crippen LogP contribution in [0.15, 0.2) is 84.4 Å². The minimum atomic E-state index is -0.761. The monoisotopic (exact) mass is 515 g/mol. The van der Waals surface area contributed by atoms with E-state index >= 15 is 0 Å². The molecule has 38 heavy (non-hydrogen) atoms. The first kappa shape index (κ1) is 26.9. The number of benzene rings is 3. The number of carbonyl (C=O) groups is 2. The van der Waals surface area contributed by atoms with Crippen molar-refractivity contribution < 1.29 is 28.9 Å². The second-order valence-electron chi connectivity index (χ2n) is 9.06. The summed E-state index contributed by atoms with van der Waals surface area (Å²) in [6, 6.07) is 23.2. The van der Waals surface area contributed by atoms with E-state index in [1.165, 1.54) is 4.90 Å². The molecular weight excluding hydrogens is 482 g/mol. The number of nitrogens with zero attached hydrogens (tertiary/aromatic N) is 1. The number of ether oxygens (including phenoxy) is 3. The van der Waals surface area contributed by atoms with Gasteiger partial charge in [0, 0.05) is 25.8 Å². The average Bonchev–Trinajstić information content (AvgIpc) is 3.21. The number of ketones is 1. The summed E-state index contributed by atoms with van der Waals surface area (Å²) in [5.74, 6) is -0.312. The minimum Gasteiger partial charge on any atom is -0.507 e. The zero-order valence-corrected chi connectivity index (χ0v) is 21.8. The number of methoxy groups -OCH3 is 1. The topological polar surface area (TPSA) is 85.3 Å². The van der Waals surface area contributed by atoms with Crippen LogP contribution in [0.25, 0.3) is 5.76 Å². The highest BCUT2D eigenvalue weighted by molar-refractivity contribution is 6.46. The Hall–Kier alpha value is -4.10. The van der Waals surface area contributed by atoms with Crippen LogP contribution in [-0.2, 0) is 20.9 Å². The molecule has 1 fully saturated rings. The van der Waals surface area contributed by atoms with Crippen molar-refractivity contribution in [1.29, 1.82) is 0 Å². The molecule has 7 nitrogen and oxygen atoms in total. The molecule has 0 radical (unpaired) electrons. The van der Waals surface area contributed by atoms with Gasteiger partial charge >= 0.3 is 0 Å². The third-order valence-corrected chi connectivity index (χ3v) is 6.31. The molecule has 1 atom stereocenters. The Bertz CT molecular complexity index is 1270. The maximum absolute atomic E-state index is 13.3. The molecule has 1 saturated heterocycles. The third kappa shape index (κ3) is 6.23. The quantitative estimate of drug-likeness (QED) is 0.148. The number of aliphatic hydroxyl groups excluding tert-OH is 1. The van der Waals surface area contributed by atoms with Gasteiger partial charge in [-0.15, -0.1) is 0 Å². The van der Waals surface area contributed by atoms with E-state index < -0.39 is 17.7 Å². The third-order valence-electron chi connectivity index (χ3n) is 6.31. The number of carbonyl (C=O) groups excluding carboxylic acids is 2. The maximum atomic E-state index is 13.3. The molecule has 198 valence electrons. The van der Waals surface area contributed by atoms with Crippen LogP contribution < -0.4 is 9.47 Å². The summed E-state index contributed by atoms with van der Waals surface area (Å²) in [6.45, 7) is 3.73.